The van der Waals surface area contributed by atoms with Gasteiger partial charge in [0.25, 0.3) is 0 Å². The van der Waals surface area contributed by atoms with Crippen molar-refractivity contribution in [2.45, 2.75) is 226 Å². The summed E-state index contributed by atoms with van der Waals surface area (Å²) in [5.74, 6) is 0.949. The van der Waals surface area contributed by atoms with Crippen molar-refractivity contribution in [1.29, 1.82) is 0 Å². The summed E-state index contributed by atoms with van der Waals surface area (Å²) in [5.41, 5.74) is 2.52. The van der Waals surface area contributed by atoms with Gasteiger partial charge in [-0.1, -0.05) is 194 Å². The molecule has 0 fully saturated rings. The maximum Gasteiger partial charge on any atom is 0.128 e. The fourth-order valence-electron chi connectivity index (χ4n) is 6.34. The van der Waals surface area contributed by atoms with Crippen LogP contribution in [0, 0.1) is 6.92 Å². The summed E-state index contributed by atoms with van der Waals surface area (Å²) in [7, 11) is 0. The molecule has 0 bridgehead atoms. The lowest BCUT2D eigenvalue weighted by Crippen LogP contribution is -2.03. The van der Waals surface area contributed by atoms with E-state index in [9.17, 15) is 0 Å². The Morgan fingerprint density at radius 2 is 0.619 bits per heavy atom. The Labute approximate surface area is 265 Å². The Morgan fingerprint density at radius 1 is 0.381 bits per heavy atom. The van der Waals surface area contributed by atoms with Crippen LogP contribution in [-0.4, -0.2) is 9.97 Å². The molecule has 0 aliphatic rings. The van der Waals surface area contributed by atoms with Crippen molar-refractivity contribution in [1.82, 2.24) is 9.97 Å². The van der Waals surface area contributed by atoms with Crippen molar-refractivity contribution in [2.24, 2.45) is 0 Å². The van der Waals surface area contributed by atoms with Gasteiger partial charge in [0.05, 0.1) is 0 Å². The third-order valence-electron chi connectivity index (χ3n) is 9.18. The average molecular weight is 584 g/mol. The topological polar surface area (TPSA) is 25.8 Å². The lowest BCUT2D eigenvalue weighted by atomic mass is 10.0. The highest BCUT2D eigenvalue weighted by atomic mass is 14.9. The van der Waals surface area contributed by atoms with Gasteiger partial charge in [0.15, 0.2) is 0 Å². The lowest BCUT2D eigenvalue weighted by Gasteiger charge is -2.08. The first-order valence-electron chi connectivity index (χ1n) is 19.4. The largest absolute Gasteiger partial charge is 0.238 e. The monoisotopic (exact) mass is 584 g/mol. The first-order valence-corrected chi connectivity index (χ1v) is 19.4. The zero-order valence-electron chi connectivity index (χ0n) is 29.0. The van der Waals surface area contributed by atoms with Gasteiger partial charge < -0.3 is 0 Å². The van der Waals surface area contributed by atoms with Crippen molar-refractivity contribution in [3.63, 3.8) is 0 Å². The molecule has 0 saturated heterocycles. The molecule has 1 radical (unpaired) electrons. The Hall–Kier alpha value is -0.920. The van der Waals surface area contributed by atoms with E-state index >= 15 is 0 Å². The smallest absolute Gasteiger partial charge is 0.128 e. The van der Waals surface area contributed by atoms with Crippen molar-refractivity contribution in [2.75, 3.05) is 0 Å². The van der Waals surface area contributed by atoms with Gasteiger partial charge in [-0.3, -0.25) is 0 Å². The molecule has 0 saturated carbocycles. The number of unbranched alkanes of at least 4 members (excludes halogenated alkanes) is 28. The molecule has 42 heavy (non-hydrogen) atoms. The molecule has 0 aromatic carbocycles. The average Bonchev–Trinajstić information content (AvgIpc) is 3.01. The Balaban J connectivity index is 1.99. The van der Waals surface area contributed by atoms with Crippen LogP contribution in [0.1, 0.15) is 224 Å². The predicted molar refractivity (Wildman–Crippen MR) is 188 cm³/mol. The van der Waals surface area contributed by atoms with Gasteiger partial charge in [-0.25, -0.2) is 9.97 Å². The molecule has 0 aliphatic carbocycles. The van der Waals surface area contributed by atoms with E-state index in [0.29, 0.717) is 6.42 Å². The molecule has 0 amide bonds. The molecule has 0 spiro atoms. The van der Waals surface area contributed by atoms with Crippen LogP contribution in [0.4, 0.5) is 0 Å². The number of hydrogen-bond donors (Lipinski definition) is 0. The first kappa shape index (κ1) is 39.1. The van der Waals surface area contributed by atoms with Gasteiger partial charge in [0, 0.05) is 17.8 Å². The van der Waals surface area contributed by atoms with E-state index in [2.05, 4.69) is 26.8 Å². The van der Waals surface area contributed by atoms with Crippen molar-refractivity contribution < 1.29 is 0 Å². The number of aryl methyl sites for hydroxylation is 2. The number of aromatic nitrogens is 2. The Kier molecular flexibility index (Phi) is 29.3. The second-order valence-corrected chi connectivity index (χ2v) is 13.4. The first-order chi connectivity index (χ1) is 20.8. The maximum absolute atomic E-state index is 4.80. The van der Waals surface area contributed by atoms with E-state index in [1.165, 1.54) is 204 Å². The minimum absolute atomic E-state index is 0.707. The highest BCUT2D eigenvalue weighted by molar-refractivity contribution is 5.12. The molecule has 1 aromatic rings. The minimum atomic E-state index is 0.707. The van der Waals surface area contributed by atoms with E-state index < -0.39 is 0 Å². The fourth-order valence-corrected chi connectivity index (χ4v) is 6.34. The third-order valence-corrected chi connectivity index (χ3v) is 9.18. The Morgan fingerprint density at radius 3 is 0.857 bits per heavy atom. The van der Waals surface area contributed by atoms with E-state index in [-0.39, 0.29) is 0 Å². The second-order valence-electron chi connectivity index (χ2n) is 13.4. The molecule has 1 aromatic heterocycles. The lowest BCUT2D eigenvalue weighted by molar-refractivity contribution is 0.531. The molecule has 0 N–H and O–H groups in total. The number of nitrogens with zero attached hydrogens (tertiary/aromatic N) is 2. The zero-order valence-corrected chi connectivity index (χ0v) is 29.0. The second kappa shape index (κ2) is 31.5. The normalized spacial score (nSPS) is 11.5. The zero-order chi connectivity index (χ0) is 30.2. The van der Waals surface area contributed by atoms with Gasteiger partial charge in [-0.2, -0.15) is 0 Å². The summed E-state index contributed by atoms with van der Waals surface area (Å²) in [5, 5.41) is 0. The fraction of sp³-hybridized carbons (Fsp3) is 0.875. The minimum Gasteiger partial charge on any atom is -0.238 e. The molecule has 2 heteroatoms. The molecule has 0 atom stereocenters. The van der Waals surface area contributed by atoms with E-state index in [1.807, 2.05) is 0 Å². The van der Waals surface area contributed by atoms with Crippen molar-refractivity contribution in [3.8, 4) is 0 Å². The molecule has 0 unspecified atom stereocenters. The van der Waals surface area contributed by atoms with Crippen molar-refractivity contribution >= 4 is 0 Å². The molecule has 245 valence electrons. The van der Waals surface area contributed by atoms with E-state index in [4.69, 9.17) is 9.97 Å². The molecule has 1 rings (SSSR count). The van der Waals surface area contributed by atoms with Crippen LogP contribution in [-0.2, 0) is 19.3 Å². The summed E-state index contributed by atoms with van der Waals surface area (Å²) < 4.78 is 0. The third kappa shape index (κ3) is 25.6. The Bertz CT molecular complexity index is 617. The van der Waals surface area contributed by atoms with Gasteiger partial charge in [-0.15, -0.1) is 0 Å². The molecule has 2 nitrogen and oxygen atoms in total. The number of hydrogen-bond acceptors (Lipinski definition) is 2. The summed E-state index contributed by atoms with van der Waals surface area (Å²) in [6, 6.07) is 2.30. The van der Waals surface area contributed by atoms with Gasteiger partial charge in [-0.05, 0) is 38.7 Å². The van der Waals surface area contributed by atoms with E-state index in [1.54, 1.807) is 0 Å². The summed E-state index contributed by atoms with van der Waals surface area (Å²) in [6.07, 6.45) is 45.5. The maximum atomic E-state index is 4.80. The van der Waals surface area contributed by atoms with Crippen LogP contribution in [0.15, 0.2) is 6.07 Å². The summed E-state index contributed by atoms with van der Waals surface area (Å²) in [4.78, 5) is 9.61. The van der Waals surface area contributed by atoms with Crippen LogP contribution in [0.25, 0.3) is 0 Å². The molecule has 0 aliphatic heterocycles. The molecular formula is C40H75N2. The highest BCUT2D eigenvalue weighted by Crippen LogP contribution is 2.16. The van der Waals surface area contributed by atoms with Crippen LogP contribution >= 0.6 is 0 Å². The standard InChI is InChI=1S/C40H75N2/c1-4-7-9-11-13-15-17-19-21-23-25-27-29-31-33-35-38-37-39(42-40(6-3)41-38)36-34-32-30-28-26-24-22-20-18-16-14-12-10-8-5-2/h37H,3-36H2,1-2H3. The van der Waals surface area contributed by atoms with Crippen LogP contribution < -0.4 is 0 Å². The van der Waals surface area contributed by atoms with Crippen LogP contribution in [0.5, 0.6) is 0 Å². The summed E-state index contributed by atoms with van der Waals surface area (Å²) >= 11 is 0. The van der Waals surface area contributed by atoms with Crippen molar-refractivity contribution in [3.05, 3.63) is 30.2 Å². The van der Waals surface area contributed by atoms with Crippen LogP contribution in [0.3, 0.4) is 0 Å². The SMILES string of the molecule is [CH2]Cc1nc(CCCCCCCCCCCCCCCCC)cc(CCCCCCCCCCCCCCCCC)n1. The summed E-state index contributed by atoms with van der Waals surface area (Å²) in [6.45, 7) is 8.67. The van der Waals surface area contributed by atoms with Gasteiger partial charge >= 0.3 is 0 Å². The van der Waals surface area contributed by atoms with E-state index in [0.717, 1.165) is 18.7 Å². The van der Waals surface area contributed by atoms with Gasteiger partial charge in [0.1, 0.15) is 5.82 Å². The number of rotatable bonds is 33. The van der Waals surface area contributed by atoms with Gasteiger partial charge in [0.2, 0.25) is 0 Å². The quantitative estimate of drug-likeness (QED) is 0.0769. The predicted octanol–water partition coefficient (Wildman–Crippen LogP) is 13.7. The molecular weight excluding hydrogens is 508 g/mol. The molecule has 1 heterocycles. The highest BCUT2D eigenvalue weighted by Gasteiger charge is 2.05. The van der Waals surface area contributed by atoms with Crippen LogP contribution in [0.2, 0.25) is 0 Å².